The monoisotopic (exact) mass is 207 g/mol. The van der Waals surface area contributed by atoms with Crippen molar-refractivity contribution in [2.24, 2.45) is 0 Å². The Morgan fingerprint density at radius 2 is 2.07 bits per heavy atom. The van der Waals surface area contributed by atoms with Gasteiger partial charge >= 0.3 is 0 Å². The molecule has 0 spiro atoms. The molecule has 1 unspecified atom stereocenters. The van der Waals surface area contributed by atoms with E-state index in [1.807, 2.05) is 12.1 Å². The average molecular weight is 207 g/mol. The van der Waals surface area contributed by atoms with Crippen LogP contribution in [0.2, 0.25) is 0 Å². The lowest BCUT2D eigenvalue weighted by molar-refractivity contribution is 0.240. The number of hydrogen-bond acceptors (Lipinski definition) is 1. The molecule has 1 aliphatic rings. The van der Waals surface area contributed by atoms with Gasteiger partial charge in [0.05, 0.1) is 0 Å². The van der Waals surface area contributed by atoms with E-state index in [9.17, 15) is 4.39 Å². The first-order chi connectivity index (χ1) is 7.29. The smallest absolute Gasteiger partial charge is 0.123 e. The SMILES string of the molecule is CCC1CCCN1Cc1ccc(F)cc1. The second kappa shape index (κ2) is 4.75. The van der Waals surface area contributed by atoms with Crippen LogP contribution in [0.4, 0.5) is 4.39 Å². The van der Waals surface area contributed by atoms with E-state index in [2.05, 4.69) is 11.8 Å². The highest BCUT2D eigenvalue weighted by Gasteiger charge is 2.22. The summed E-state index contributed by atoms with van der Waals surface area (Å²) in [7, 11) is 0. The Morgan fingerprint density at radius 3 is 2.73 bits per heavy atom. The van der Waals surface area contributed by atoms with Crippen molar-refractivity contribution < 1.29 is 4.39 Å². The van der Waals surface area contributed by atoms with Gasteiger partial charge in [-0.1, -0.05) is 19.1 Å². The van der Waals surface area contributed by atoms with Crippen molar-refractivity contribution in [2.45, 2.75) is 38.8 Å². The molecule has 0 N–H and O–H groups in total. The number of benzene rings is 1. The molecule has 1 nitrogen and oxygen atoms in total. The summed E-state index contributed by atoms with van der Waals surface area (Å²) in [4.78, 5) is 2.51. The molecule has 1 saturated heterocycles. The zero-order chi connectivity index (χ0) is 10.7. The minimum absolute atomic E-state index is 0.146. The van der Waals surface area contributed by atoms with Gasteiger partial charge in [-0.05, 0) is 43.5 Å². The van der Waals surface area contributed by atoms with Crippen molar-refractivity contribution in [1.82, 2.24) is 4.90 Å². The molecule has 1 heterocycles. The van der Waals surface area contributed by atoms with Crippen molar-refractivity contribution in [3.63, 3.8) is 0 Å². The summed E-state index contributed by atoms with van der Waals surface area (Å²) < 4.78 is 12.7. The van der Waals surface area contributed by atoms with Gasteiger partial charge in [-0.25, -0.2) is 4.39 Å². The van der Waals surface area contributed by atoms with Crippen molar-refractivity contribution in [3.8, 4) is 0 Å². The second-order valence-electron chi connectivity index (χ2n) is 4.30. The zero-order valence-electron chi connectivity index (χ0n) is 9.25. The largest absolute Gasteiger partial charge is 0.296 e. The first-order valence-corrected chi connectivity index (χ1v) is 5.78. The maximum absolute atomic E-state index is 12.7. The lowest BCUT2D eigenvalue weighted by atomic mass is 10.1. The third kappa shape index (κ3) is 2.57. The van der Waals surface area contributed by atoms with Gasteiger partial charge in [0, 0.05) is 12.6 Å². The van der Waals surface area contributed by atoms with E-state index in [0.29, 0.717) is 0 Å². The minimum atomic E-state index is -0.146. The highest BCUT2D eigenvalue weighted by Crippen LogP contribution is 2.22. The van der Waals surface area contributed by atoms with Crippen molar-refractivity contribution in [1.29, 1.82) is 0 Å². The molecule has 15 heavy (non-hydrogen) atoms. The molecule has 0 aliphatic carbocycles. The van der Waals surface area contributed by atoms with E-state index in [0.717, 1.165) is 12.6 Å². The van der Waals surface area contributed by atoms with E-state index in [1.54, 1.807) is 12.1 Å². The van der Waals surface area contributed by atoms with Crippen LogP contribution in [0.3, 0.4) is 0 Å². The number of hydrogen-bond donors (Lipinski definition) is 0. The van der Waals surface area contributed by atoms with E-state index >= 15 is 0 Å². The summed E-state index contributed by atoms with van der Waals surface area (Å²) >= 11 is 0. The quantitative estimate of drug-likeness (QED) is 0.735. The Bertz CT molecular complexity index is 307. The lowest BCUT2D eigenvalue weighted by Gasteiger charge is -2.23. The van der Waals surface area contributed by atoms with Gasteiger partial charge in [-0.2, -0.15) is 0 Å². The van der Waals surface area contributed by atoms with Crippen molar-refractivity contribution >= 4 is 0 Å². The molecule has 0 radical (unpaired) electrons. The van der Waals surface area contributed by atoms with Crippen LogP contribution in [-0.2, 0) is 6.54 Å². The van der Waals surface area contributed by atoms with Crippen LogP contribution in [0.25, 0.3) is 0 Å². The Labute approximate surface area is 90.9 Å². The predicted octanol–water partition coefficient (Wildman–Crippen LogP) is 3.20. The summed E-state index contributed by atoms with van der Waals surface area (Å²) in [5.74, 6) is -0.146. The Hall–Kier alpha value is -0.890. The predicted molar refractivity (Wildman–Crippen MR) is 60.1 cm³/mol. The molecule has 2 rings (SSSR count). The van der Waals surface area contributed by atoms with Gasteiger partial charge < -0.3 is 0 Å². The summed E-state index contributed by atoms with van der Waals surface area (Å²) in [5.41, 5.74) is 1.22. The molecule has 1 atom stereocenters. The Kier molecular flexibility index (Phi) is 3.37. The Balaban J connectivity index is 1.99. The number of rotatable bonds is 3. The summed E-state index contributed by atoms with van der Waals surface area (Å²) in [6.07, 6.45) is 3.85. The van der Waals surface area contributed by atoms with Crippen LogP contribution in [-0.4, -0.2) is 17.5 Å². The molecule has 1 aliphatic heterocycles. The molecule has 0 bridgehead atoms. The fourth-order valence-electron chi connectivity index (χ4n) is 2.39. The van der Waals surface area contributed by atoms with Gasteiger partial charge in [0.25, 0.3) is 0 Å². The van der Waals surface area contributed by atoms with Gasteiger partial charge in [0.15, 0.2) is 0 Å². The lowest BCUT2D eigenvalue weighted by Crippen LogP contribution is -2.28. The van der Waals surface area contributed by atoms with Gasteiger partial charge in [0.1, 0.15) is 5.82 Å². The molecule has 0 saturated carbocycles. The van der Waals surface area contributed by atoms with E-state index in [-0.39, 0.29) is 5.82 Å². The van der Waals surface area contributed by atoms with Crippen LogP contribution in [0.15, 0.2) is 24.3 Å². The van der Waals surface area contributed by atoms with Crippen LogP contribution in [0.5, 0.6) is 0 Å². The fraction of sp³-hybridized carbons (Fsp3) is 0.538. The van der Waals surface area contributed by atoms with Gasteiger partial charge in [-0.3, -0.25) is 4.90 Å². The van der Waals surface area contributed by atoms with Crippen molar-refractivity contribution in [3.05, 3.63) is 35.6 Å². The highest BCUT2D eigenvalue weighted by molar-refractivity contribution is 5.16. The zero-order valence-corrected chi connectivity index (χ0v) is 9.25. The minimum Gasteiger partial charge on any atom is -0.296 e. The third-order valence-electron chi connectivity index (χ3n) is 3.27. The second-order valence-corrected chi connectivity index (χ2v) is 4.30. The van der Waals surface area contributed by atoms with Crippen molar-refractivity contribution in [2.75, 3.05) is 6.54 Å². The first-order valence-electron chi connectivity index (χ1n) is 5.78. The molecule has 1 aromatic carbocycles. The fourth-order valence-corrected chi connectivity index (χ4v) is 2.39. The standard InChI is InChI=1S/C13H18FN/c1-2-13-4-3-9-15(13)10-11-5-7-12(14)8-6-11/h5-8,13H,2-4,9-10H2,1H3. The first kappa shape index (κ1) is 10.6. The number of halogens is 1. The van der Waals surface area contributed by atoms with E-state index in [4.69, 9.17) is 0 Å². The molecule has 0 amide bonds. The Morgan fingerprint density at radius 1 is 1.33 bits per heavy atom. The maximum atomic E-state index is 12.7. The third-order valence-corrected chi connectivity index (χ3v) is 3.27. The van der Waals surface area contributed by atoms with Crippen LogP contribution < -0.4 is 0 Å². The summed E-state index contributed by atoms with van der Waals surface area (Å²) in [6, 6.07) is 7.61. The molecule has 1 aromatic rings. The molecular formula is C13H18FN. The van der Waals surface area contributed by atoms with E-state index < -0.39 is 0 Å². The number of likely N-dealkylation sites (tertiary alicyclic amines) is 1. The average Bonchev–Trinajstić information content (AvgIpc) is 2.69. The van der Waals surface area contributed by atoms with Crippen LogP contribution in [0.1, 0.15) is 31.7 Å². The van der Waals surface area contributed by atoms with E-state index in [1.165, 1.54) is 31.4 Å². The molecule has 1 fully saturated rings. The summed E-state index contributed by atoms with van der Waals surface area (Å²) in [5, 5.41) is 0. The molecular weight excluding hydrogens is 189 g/mol. The highest BCUT2D eigenvalue weighted by atomic mass is 19.1. The summed E-state index contributed by atoms with van der Waals surface area (Å²) in [6.45, 7) is 4.41. The molecule has 2 heteroatoms. The molecule has 0 aromatic heterocycles. The van der Waals surface area contributed by atoms with Gasteiger partial charge in [-0.15, -0.1) is 0 Å². The normalized spacial score (nSPS) is 22.1. The van der Waals surface area contributed by atoms with Crippen LogP contribution >= 0.6 is 0 Å². The number of nitrogens with zero attached hydrogens (tertiary/aromatic N) is 1. The molecule has 82 valence electrons. The van der Waals surface area contributed by atoms with Crippen LogP contribution in [0, 0.1) is 5.82 Å². The van der Waals surface area contributed by atoms with Gasteiger partial charge in [0.2, 0.25) is 0 Å². The topological polar surface area (TPSA) is 3.24 Å². The maximum Gasteiger partial charge on any atom is 0.123 e.